The van der Waals surface area contributed by atoms with Gasteiger partial charge in [0.1, 0.15) is 6.29 Å². The summed E-state index contributed by atoms with van der Waals surface area (Å²) in [6.07, 6.45) is 0.809. The van der Waals surface area contributed by atoms with Crippen molar-refractivity contribution in [2.24, 2.45) is 0 Å². The predicted octanol–water partition coefficient (Wildman–Crippen LogP) is 1.38. The van der Waals surface area contributed by atoms with Crippen molar-refractivity contribution >= 4 is 6.29 Å². The Kier molecular flexibility index (Phi) is 3.85. The van der Waals surface area contributed by atoms with E-state index in [0.29, 0.717) is 23.8 Å². The third-order valence-electron chi connectivity index (χ3n) is 3.24. The van der Waals surface area contributed by atoms with Crippen LogP contribution in [0.3, 0.4) is 0 Å². The highest BCUT2D eigenvalue weighted by Gasteiger charge is 2.15. The second-order valence-corrected chi connectivity index (χ2v) is 4.64. The first-order valence-corrected chi connectivity index (χ1v) is 6.53. The topological polar surface area (TPSA) is 68.5 Å². The van der Waals surface area contributed by atoms with Gasteiger partial charge < -0.3 is 9.26 Å². The Labute approximate surface area is 116 Å². The van der Waals surface area contributed by atoms with Gasteiger partial charge in [0.25, 0.3) is 0 Å². The Morgan fingerprint density at radius 2 is 1.95 bits per heavy atom. The third kappa shape index (κ3) is 2.92. The standard InChI is InChI=1S/C14H15N3O3/c18-10-11-1-3-12(4-2-11)14-15-13(20-16-14)9-17-5-7-19-8-6-17/h1-4,10H,5-9H2. The lowest BCUT2D eigenvalue weighted by Crippen LogP contribution is -2.35. The van der Waals surface area contributed by atoms with Crippen molar-refractivity contribution in [2.45, 2.75) is 6.54 Å². The molecule has 1 aromatic carbocycles. The van der Waals surface area contributed by atoms with E-state index in [4.69, 9.17) is 9.26 Å². The van der Waals surface area contributed by atoms with E-state index in [0.717, 1.165) is 38.2 Å². The largest absolute Gasteiger partial charge is 0.379 e. The maximum absolute atomic E-state index is 10.6. The predicted molar refractivity (Wildman–Crippen MR) is 71.2 cm³/mol. The molecule has 0 bridgehead atoms. The molecular formula is C14H15N3O3. The number of carbonyl (C=O) groups is 1. The molecule has 1 aromatic heterocycles. The maximum atomic E-state index is 10.6. The van der Waals surface area contributed by atoms with Gasteiger partial charge in [-0.05, 0) is 0 Å². The minimum absolute atomic E-state index is 0.547. The molecule has 1 fully saturated rings. The molecule has 2 aromatic rings. The minimum Gasteiger partial charge on any atom is -0.379 e. The van der Waals surface area contributed by atoms with Gasteiger partial charge in [-0.15, -0.1) is 0 Å². The average molecular weight is 273 g/mol. The Morgan fingerprint density at radius 1 is 1.20 bits per heavy atom. The van der Waals surface area contributed by atoms with Gasteiger partial charge in [0.05, 0.1) is 19.8 Å². The van der Waals surface area contributed by atoms with Crippen molar-refractivity contribution in [2.75, 3.05) is 26.3 Å². The van der Waals surface area contributed by atoms with Gasteiger partial charge >= 0.3 is 0 Å². The van der Waals surface area contributed by atoms with Crippen molar-refractivity contribution in [3.05, 3.63) is 35.7 Å². The van der Waals surface area contributed by atoms with Crippen molar-refractivity contribution in [1.82, 2.24) is 15.0 Å². The van der Waals surface area contributed by atoms with E-state index in [9.17, 15) is 4.79 Å². The number of rotatable bonds is 4. The van der Waals surface area contributed by atoms with Gasteiger partial charge in [-0.2, -0.15) is 4.98 Å². The highest BCUT2D eigenvalue weighted by molar-refractivity contribution is 5.76. The van der Waals surface area contributed by atoms with E-state index in [1.54, 1.807) is 12.1 Å². The molecule has 1 aliphatic rings. The fourth-order valence-corrected chi connectivity index (χ4v) is 2.10. The normalized spacial score (nSPS) is 16.2. The van der Waals surface area contributed by atoms with E-state index < -0.39 is 0 Å². The van der Waals surface area contributed by atoms with Gasteiger partial charge in [0.15, 0.2) is 0 Å². The van der Waals surface area contributed by atoms with Crippen LogP contribution in [-0.4, -0.2) is 47.6 Å². The number of hydrogen-bond acceptors (Lipinski definition) is 6. The summed E-state index contributed by atoms with van der Waals surface area (Å²) in [5, 5.41) is 3.98. The summed E-state index contributed by atoms with van der Waals surface area (Å²) in [6, 6.07) is 7.10. The Hall–Kier alpha value is -2.05. The van der Waals surface area contributed by atoms with Gasteiger partial charge in [-0.3, -0.25) is 9.69 Å². The number of nitrogens with zero attached hydrogens (tertiary/aromatic N) is 3. The summed E-state index contributed by atoms with van der Waals surface area (Å²) in [5.74, 6) is 1.15. The lowest BCUT2D eigenvalue weighted by molar-refractivity contribution is 0.0297. The highest BCUT2D eigenvalue weighted by Crippen LogP contribution is 2.17. The monoisotopic (exact) mass is 273 g/mol. The van der Waals surface area contributed by atoms with Gasteiger partial charge in [-0.1, -0.05) is 29.4 Å². The molecular weight excluding hydrogens is 258 g/mol. The smallest absolute Gasteiger partial charge is 0.241 e. The molecule has 0 unspecified atom stereocenters. The molecule has 0 N–H and O–H groups in total. The number of benzene rings is 1. The van der Waals surface area contributed by atoms with E-state index in [1.807, 2.05) is 12.1 Å². The fourth-order valence-electron chi connectivity index (χ4n) is 2.10. The quantitative estimate of drug-likeness (QED) is 0.784. The minimum atomic E-state index is 0.547. The van der Waals surface area contributed by atoms with E-state index in [2.05, 4.69) is 15.0 Å². The first kappa shape index (κ1) is 13.0. The molecule has 2 heterocycles. The SMILES string of the molecule is O=Cc1ccc(-c2noc(CN3CCOCC3)n2)cc1. The van der Waals surface area contributed by atoms with Crippen LogP contribution in [-0.2, 0) is 11.3 Å². The van der Waals surface area contributed by atoms with Crippen LogP contribution >= 0.6 is 0 Å². The average Bonchev–Trinajstić information content (AvgIpc) is 2.97. The van der Waals surface area contributed by atoms with Gasteiger partial charge in [0.2, 0.25) is 11.7 Å². The summed E-state index contributed by atoms with van der Waals surface area (Å²) in [7, 11) is 0. The second-order valence-electron chi connectivity index (χ2n) is 4.64. The Balaban J connectivity index is 1.70. The molecule has 0 amide bonds. The van der Waals surface area contributed by atoms with Crippen LogP contribution in [0.15, 0.2) is 28.8 Å². The van der Waals surface area contributed by atoms with E-state index in [1.165, 1.54) is 0 Å². The van der Waals surface area contributed by atoms with Crippen LogP contribution in [0, 0.1) is 0 Å². The zero-order chi connectivity index (χ0) is 13.8. The number of ether oxygens (including phenoxy) is 1. The van der Waals surface area contributed by atoms with Crippen LogP contribution in [0.5, 0.6) is 0 Å². The molecule has 1 aliphatic heterocycles. The van der Waals surface area contributed by atoms with Gasteiger partial charge in [-0.25, -0.2) is 0 Å². The number of carbonyl (C=O) groups excluding carboxylic acids is 1. The molecule has 0 aliphatic carbocycles. The van der Waals surface area contributed by atoms with Crippen molar-refractivity contribution in [3.8, 4) is 11.4 Å². The Bertz CT molecular complexity index is 574. The lowest BCUT2D eigenvalue weighted by Gasteiger charge is -2.24. The van der Waals surface area contributed by atoms with Crippen LogP contribution in [0.1, 0.15) is 16.2 Å². The zero-order valence-corrected chi connectivity index (χ0v) is 11.0. The van der Waals surface area contributed by atoms with Crippen LogP contribution in [0.4, 0.5) is 0 Å². The molecule has 6 heteroatoms. The molecule has 20 heavy (non-hydrogen) atoms. The molecule has 0 radical (unpaired) electrons. The fraction of sp³-hybridized carbons (Fsp3) is 0.357. The van der Waals surface area contributed by atoms with Crippen LogP contribution in [0.25, 0.3) is 11.4 Å². The molecule has 0 saturated carbocycles. The number of hydrogen-bond donors (Lipinski definition) is 0. The number of morpholine rings is 1. The van der Waals surface area contributed by atoms with Crippen LogP contribution in [0.2, 0.25) is 0 Å². The first-order valence-electron chi connectivity index (χ1n) is 6.53. The first-order chi connectivity index (χ1) is 9.85. The molecule has 6 nitrogen and oxygen atoms in total. The molecule has 3 rings (SSSR count). The second kappa shape index (κ2) is 5.94. The third-order valence-corrected chi connectivity index (χ3v) is 3.24. The molecule has 104 valence electrons. The van der Waals surface area contributed by atoms with E-state index in [-0.39, 0.29) is 0 Å². The summed E-state index contributed by atoms with van der Waals surface area (Å²) in [5.41, 5.74) is 1.47. The van der Waals surface area contributed by atoms with E-state index >= 15 is 0 Å². The van der Waals surface area contributed by atoms with Gasteiger partial charge in [0, 0.05) is 24.2 Å². The Morgan fingerprint density at radius 3 is 2.65 bits per heavy atom. The zero-order valence-electron chi connectivity index (χ0n) is 11.0. The van der Waals surface area contributed by atoms with Crippen molar-refractivity contribution in [3.63, 3.8) is 0 Å². The summed E-state index contributed by atoms with van der Waals surface area (Å²) < 4.78 is 10.6. The van der Waals surface area contributed by atoms with Crippen LogP contribution < -0.4 is 0 Å². The summed E-state index contributed by atoms with van der Waals surface area (Å²) in [4.78, 5) is 17.2. The summed E-state index contributed by atoms with van der Waals surface area (Å²) >= 11 is 0. The maximum Gasteiger partial charge on any atom is 0.241 e. The summed E-state index contributed by atoms with van der Waals surface area (Å²) in [6.45, 7) is 3.89. The molecule has 0 spiro atoms. The highest BCUT2D eigenvalue weighted by atomic mass is 16.5. The number of aromatic nitrogens is 2. The molecule has 1 saturated heterocycles. The lowest BCUT2D eigenvalue weighted by atomic mass is 10.1. The van der Waals surface area contributed by atoms with Crippen molar-refractivity contribution in [1.29, 1.82) is 0 Å². The van der Waals surface area contributed by atoms with Crippen molar-refractivity contribution < 1.29 is 14.1 Å². The molecule has 0 atom stereocenters. The number of aldehydes is 1.